The van der Waals surface area contributed by atoms with Crippen LogP contribution in [0.1, 0.15) is 67.2 Å². The van der Waals surface area contributed by atoms with Crippen LogP contribution in [0.5, 0.6) is 11.8 Å². The smallest absolute Gasteiger partial charge is 0.411 e. The first-order chi connectivity index (χ1) is 36.9. The van der Waals surface area contributed by atoms with Gasteiger partial charge in [-0.25, -0.2) is 19.6 Å². The summed E-state index contributed by atoms with van der Waals surface area (Å²) in [5.74, 6) is 1.46. The Labute approximate surface area is 449 Å². The number of rotatable bonds is 7. The van der Waals surface area contributed by atoms with Crippen molar-refractivity contribution in [3.05, 3.63) is 110 Å². The molecule has 4 fully saturated rings. The Hall–Kier alpha value is -7.63. The van der Waals surface area contributed by atoms with Gasteiger partial charge in [0.2, 0.25) is 11.8 Å². The number of carbonyl (C=O) groups excluding carboxylic acids is 3. The maximum atomic E-state index is 12.2. The van der Waals surface area contributed by atoms with Crippen molar-refractivity contribution >= 4 is 61.6 Å². The first-order valence-corrected chi connectivity index (χ1v) is 26.8. The molecule has 0 aliphatic carbocycles. The van der Waals surface area contributed by atoms with Crippen LogP contribution in [0.15, 0.2) is 110 Å². The summed E-state index contributed by atoms with van der Waals surface area (Å²) >= 11 is 0. The van der Waals surface area contributed by atoms with E-state index in [-0.39, 0.29) is 37.2 Å². The van der Waals surface area contributed by atoms with Crippen LogP contribution in [-0.4, -0.2) is 144 Å². The van der Waals surface area contributed by atoms with Crippen molar-refractivity contribution in [3.63, 3.8) is 0 Å². The summed E-state index contributed by atoms with van der Waals surface area (Å²) in [6, 6.07) is 25.7. The summed E-state index contributed by atoms with van der Waals surface area (Å²) in [6.45, 7) is 17.0. The molecule has 1 N–H and O–H groups in total. The third-order valence-electron chi connectivity index (χ3n) is 14.5. The number of aromatic nitrogens is 6. The Balaban J connectivity index is 0.000000149. The largest absolute Gasteiger partial charge is 0.474 e. The van der Waals surface area contributed by atoms with Crippen LogP contribution in [0, 0.1) is 0 Å². The molecular formula is C60H70N10O7. The number of piperidine rings is 2. The number of hydrogen-bond donors (Lipinski definition) is 1. The Morgan fingerprint density at radius 3 is 1.44 bits per heavy atom. The molecule has 0 spiro atoms. The maximum absolute atomic E-state index is 12.2. The molecule has 402 valence electrons. The fourth-order valence-electron chi connectivity index (χ4n) is 10.3. The number of fused-ring (bicyclic) bond motifs is 6. The second-order valence-corrected chi connectivity index (χ2v) is 22.5. The monoisotopic (exact) mass is 1040 g/mol. The number of benzene rings is 2. The van der Waals surface area contributed by atoms with Crippen LogP contribution in [0.2, 0.25) is 0 Å². The van der Waals surface area contributed by atoms with Gasteiger partial charge in [-0.05, 0) is 128 Å². The van der Waals surface area contributed by atoms with Crippen molar-refractivity contribution in [2.75, 3.05) is 52.4 Å². The van der Waals surface area contributed by atoms with Crippen molar-refractivity contribution < 1.29 is 33.3 Å². The molecule has 17 heteroatoms. The molecule has 2 amide bonds. The summed E-state index contributed by atoms with van der Waals surface area (Å²) in [4.78, 5) is 57.2. The van der Waals surface area contributed by atoms with Crippen LogP contribution in [-0.2, 0) is 28.4 Å². The number of pyridine rings is 4. The highest BCUT2D eigenvalue weighted by Gasteiger charge is 2.38. The number of Topliss-reactive ketones (excluding diaryl/α,β-unsaturated/α-hetero) is 1. The lowest BCUT2D eigenvalue weighted by molar-refractivity contribution is -0.128. The van der Waals surface area contributed by atoms with E-state index < -0.39 is 17.3 Å². The molecule has 77 heavy (non-hydrogen) atoms. The molecule has 8 aromatic rings. The molecule has 10 heterocycles. The van der Waals surface area contributed by atoms with Gasteiger partial charge in [-0.2, -0.15) is 0 Å². The van der Waals surface area contributed by atoms with Crippen molar-refractivity contribution in [1.29, 1.82) is 0 Å². The standard InChI is InChI=1S/C30H35N5O3.C22H22N4O.C8H13NO3/c1-30(2,3)38-29(36)35-18-22(19-35)34-13-10-23(11-14-34)37-28-8-6-21(16-32-28)20-5-7-24-25-17-31-12-9-26(25)33(4)27(24)15-20;1-26-20-8-11-24-14-19(20)18-4-2-15(12-21(18)26)16-3-5-22(25-13-16)27-17-6-9-23-10-7-17;1-8(2,3)12-7(11)9-4-6(10)5-9/h5-9,12,15-17,22-23H,10-11,13-14,18-19H2,1-4H3;2-5,8,11-14,17,23H,6-7,9-10H2,1H3;4-5H2,1-3H3. The fourth-order valence-corrected chi connectivity index (χ4v) is 10.3. The number of aryl methyl sites for hydroxylation is 2. The third-order valence-corrected chi connectivity index (χ3v) is 14.5. The molecule has 0 bridgehead atoms. The predicted octanol–water partition coefficient (Wildman–Crippen LogP) is 9.98. The number of ether oxygens (including phenoxy) is 4. The van der Waals surface area contributed by atoms with E-state index in [1.165, 1.54) is 48.5 Å². The van der Waals surface area contributed by atoms with E-state index in [4.69, 9.17) is 18.9 Å². The molecule has 0 unspecified atom stereocenters. The molecule has 6 aromatic heterocycles. The first-order valence-electron chi connectivity index (χ1n) is 26.8. The van der Waals surface area contributed by atoms with Gasteiger partial charge in [0, 0.05) is 139 Å². The number of likely N-dealkylation sites (tertiary alicyclic amines) is 3. The molecule has 2 aromatic carbocycles. The van der Waals surface area contributed by atoms with Gasteiger partial charge in [-0.3, -0.25) is 24.6 Å². The maximum Gasteiger partial charge on any atom is 0.411 e. The molecule has 0 radical (unpaired) electrons. The minimum Gasteiger partial charge on any atom is -0.474 e. The summed E-state index contributed by atoms with van der Waals surface area (Å²) in [7, 11) is 4.19. The molecule has 4 saturated heterocycles. The van der Waals surface area contributed by atoms with Crippen molar-refractivity contribution in [3.8, 4) is 34.0 Å². The minimum absolute atomic E-state index is 0.0841. The lowest BCUT2D eigenvalue weighted by Crippen LogP contribution is -2.63. The van der Waals surface area contributed by atoms with Crippen LogP contribution < -0.4 is 14.8 Å². The predicted molar refractivity (Wildman–Crippen MR) is 299 cm³/mol. The Morgan fingerprint density at radius 1 is 0.545 bits per heavy atom. The molecule has 0 saturated carbocycles. The molecule has 4 aliphatic rings. The van der Waals surface area contributed by atoms with Gasteiger partial charge in [0.05, 0.1) is 24.1 Å². The average molecular weight is 1040 g/mol. The highest BCUT2D eigenvalue weighted by Crippen LogP contribution is 2.34. The summed E-state index contributed by atoms with van der Waals surface area (Å²) in [6.07, 6.45) is 15.2. The second-order valence-electron chi connectivity index (χ2n) is 22.5. The van der Waals surface area contributed by atoms with Crippen molar-refractivity contribution in [2.45, 2.75) is 96.7 Å². The molecule has 0 atom stereocenters. The summed E-state index contributed by atoms with van der Waals surface area (Å²) in [5, 5.41) is 8.14. The zero-order valence-electron chi connectivity index (χ0n) is 45.5. The Bertz CT molecular complexity index is 3390. The number of ketones is 1. The highest BCUT2D eigenvalue weighted by molar-refractivity contribution is 6.09. The SMILES string of the molecule is CC(C)(C)OC(=O)N1CC(=O)C1.Cn1c2ccncc2c2ccc(-c3ccc(OC4CCN(C5CN(C(=O)OC(C)(C)C)C5)CC4)nc3)cc21.Cn1c2ccncc2c2ccc(-c3ccc(OC4CCNCC4)nc3)cc21. The Kier molecular flexibility index (Phi) is 15.2. The minimum atomic E-state index is -0.476. The van der Waals surface area contributed by atoms with E-state index in [1.54, 1.807) is 25.7 Å². The van der Waals surface area contributed by atoms with Crippen LogP contribution in [0.4, 0.5) is 9.59 Å². The number of hydrogen-bond acceptors (Lipinski definition) is 13. The van der Waals surface area contributed by atoms with E-state index in [0.717, 1.165) is 87.2 Å². The van der Waals surface area contributed by atoms with E-state index in [1.807, 2.05) is 70.1 Å². The van der Waals surface area contributed by atoms with Gasteiger partial charge in [0.25, 0.3) is 0 Å². The first kappa shape index (κ1) is 52.8. The van der Waals surface area contributed by atoms with Gasteiger partial charge in [0.15, 0.2) is 5.78 Å². The van der Waals surface area contributed by atoms with E-state index in [0.29, 0.717) is 17.8 Å². The summed E-state index contributed by atoms with van der Waals surface area (Å²) < 4.78 is 27.2. The quantitative estimate of drug-likeness (QED) is 0.160. The van der Waals surface area contributed by atoms with Crippen LogP contribution in [0.3, 0.4) is 0 Å². The molecule has 17 nitrogen and oxygen atoms in total. The van der Waals surface area contributed by atoms with Crippen molar-refractivity contribution in [2.24, 2.45) is 14.1 Å². The molecule has 12 rings (SSSR count). The normalized spacial score (nSPS) is 16.8. The fraction of sp³-hybridized carbons (Fsp3) is 0.417. The van der Waals surface area contributed by atoms with Gasteiger partial charge in [-0.1, -0.05) is 24.3 Å². The number of carbonyl (C=O) groups is 3. The van der Waals surface area contributed by atoms with Gasteiger partial charge in [0.1, 0.15) is 23.4 Å². The number of nitrogens with zero attached hydrogens (tertiary/aromatic N) is 9. The molecule has 4 aliphatic heterocycles. The summed E-state index contributed by atoms with van der Waals surface area (Å²) in [5.41, 5.74) is 8.27. The van der Waals surface area contributed by atoms with Gasteiger partial charge in [-0.15, -0.1) is 0 Å². The topological polar surface area (TPSA) is 171 Å². The zero-order chi connectivity index (χ0) is 54.0. The average Bonchev–Trinajstić information content (AvgIpc) is 3.89. The lowest BCUT2D eigenvalue weighted by atomic mass is 10.0. The van der Waals surface area contributed by atoms with Crippen LogP contribution in [0.25, 0.3) is 65.9 Å². The van der Waals surface area contributed by atoms with E-state index >= 15 is 0 Å². The van der Waals surface area contributed by atoms with Crippen LogP contribution >= 0.6 is 0 Å². The van der Waals surface area contributed by atoms with E-state index in [2.05, 4.69) is 114 Å². The van der Waals surface area contributed by atoms with Gasteiger partial charge >= 0.3 is 12.2 Å². The third kappa shape index (κ3) is 12.3. The lowest BCUT2D eigenvalue weighted by Gasteiger charge is -2.47. The number of amides is 2. The zero-order valence-corrected chi connectivity index (χ0v) is 45.5. The highest BCUT2D eigenvalue weighted by atomic mass is 16.6. The van der Waals surface area contributed by atoms with Gasteiger partial charge < -0.3 is 38.3 Å². The second kappa shape index (κ2) is 22.1. The molecular weight excluding hydrogens is 973 g/mol. The van der Waals surface area contributed by atoms with E-state index in [9.17, 15) is 14.4 Å². The Morgan fingerprint density at radius 2 is 1.00 bits per heavy atom. The number of nitrogens with one attached hydrogen (secondary N) is 1. The van der Waals surface area contributed by atoms with Crippen molar-refractivity contribution in [1.82, 2.24) is 49.1 Å².